The van der Waals surface area contributed by atoms with Gasteiger partial charge in [-0.2, -0.15) is 5.48 Å². The van der Waals surface area contributed by atoms with Gasteiger partial charge in [-0.1, -0.05) is 0 Å². The van der Waals surface area contributed by atoms with E-state index in [-0.39, 0.29) is 6.42 Å². The van der Waals surface area contributed by atoms with Crippen LogP contribution in [0.15, 0.2) is 0 Å². The van der Waals surface area contributed by atoms with Gasteiger partial charge in [-0.15, -0.1) is 0 Å². The van der Waals surface area contributed by atoms with E-state index in [4.69, 9.17) is 15.9 Å². The van der Waals surface area contributed by atoms with Crippen LogP contribution < -0.4 is 11.2 Å². The summed E-state index contributed by atoms with van der Waals surface area (Å²) in [6.45, 7) is 0. The van der Waals surface area contributed by atoms with Crippen molar-refractivity contribution >= 4 is 5.97 Å². The van der Waals surface area contributed by atoms with Gasteiger partial charge in [-0.3, -0.25) is 9.63 Å². The average Bonchev–Trinajstić information content (AvgIpc) is 2.34. The molecule has 6 nitrogen and oxygen atoms in total. The third-order valence-corrected chi connectivity index (χ3v) is 1.50. The number of carbonyl (C=O) groups is 1. The van der Waals surface area contributed by atoms with Gasteiger partial charge in [0.1, 0.15) is 18.4 Å². The molecule has 0 aromatic heterocycles. The maximum atomic E-state index is 10.3. The highest BCUT2D eigenvalue weighted by atomic mass is 16.7. The predicted octanol–water partition coefficient (Wildman–Crippen LogP) is -1.99. The molecule has 6 heteroatoms. The van der Waals surface area contributed by atoms with Crippen LogP contribution in [-0.2, 0) is 9.63 Å². The topological polar surface area (TPSA) is 105 Å². The minimum atomic E-state index is -1.13. The maximum Gasteiger partial charge on any atom is 0.323 e. The van der Waals surface area contributed by atoms with E-state index in [1.807, 2.05) is 0 Å². The zero-order valence-corrected chi connectivity index (χ0v) is 5.73. The Morgan fingerprint density at radius 1 is 1.82 bits per heavy atom. The van der Waals surface area contributed by atoms with E-state index < -0.39 is 24.3 Å². The summed E-state index contributed by atoms with van der Waals surface area (Å²) in [5.74, 6) is -1.13. The van der Waals surface area contributed by atoms with Gasteiger partial charge in [0.15, 0.2) is 0 Å². The first-order valence-corrected chi connectivity index (χ1v) is 3.19. The Labute approximate surface area is 62.9 Å². The standard InChI is InChI=1S/C5H10N2O4/c6-4(5(9)10)2-1-3(8)7-11-2/h2-4,7-8H,1,6H2,(H,9,10)/t2-,3-,4-/m0/s1. The average molecular weight is 162 g/mol. The molecule has 1 rings (SSSR count). The lowest BCUT2D eigenvalue weighted by Crippen LogP contribution is -2.41. The molecule has 0 unspecified atom stereocenters. The van der Waals surface area contributed by atoms with Gasteiger partial charge < -0.3 is 15.9 Å². The fourth-order valence-electron chi connectivity index (χ4n) is 0.861. The quantitative estimate of drug-likeness (QED) is 0.374. The highest BCUT2D eigenvalue weighted by molar-refractivity contribution is 5.73. The van der Waals surface area contributed by atoms with Crippen molar-refractivity contribution in [3.63, 3.8) is 0 Å². The molecule has 0 bridgehead atoms. The Kier molecular flexibility index (Phi) is 2.40. The van der Waals surface area contributed by atoms with Crippen LogP contribution in [0.3, 0.4) is 0 Å². The van der Waals surface area contributed by atoms with Crippen LogP contribution in [0.2, 0.25) is 0 Å². The van der Waals surface area contributed by atoms with Crippen LogP contribution >= 0.6 is 0 Å². The van der Waals surface area contributed by atoms with Crippen molar-refractivity contribution < 1.29 is 19.8 Å². The molecule has 0 aromatic carbocycles. The van der Waals surface area contributed by atoms with Gasteiger partial charge >= 0.3 is 5.97 Å². The van der Waals surface area contributed by atoms with Gasteiger partial charge in [0.2, 0.25) is 0 Å². The first kappa shape index (κ1) is 8.41. The summed E-state index contributed by atoms with van der Waals surface area (Å²) < 4.78 is 0. The monoisotopic (exact) mass is 162 g/mol. The number of carboxylic acids is 1. The molecular formula is C5H10N2O4. The molecule has 0 spiro atoms. The summed E-state index contributed by atoms with van der Waals surface area (Å²) in [6, 6.07) is -1.08. The number of nitrogens with two attached hydrogens (primary N) is 1. The van der Waals surface area contributed by atoms with E-state index in [2.05, 4.69) is 10.3 Å². The van der Waals surface area contributed by atoms with E-state index in [1.165, 1.54) is 0 Å². The third-order valence-electron chi connectivity index (χ3n) is 1.50. The summed E-state index contributed by atoms with van der Waals surface area (Å²) in [7, 11) is 0. The van der Waals surface area contributed by atoms with E-state index in [9.17, 15) is 4.79 Å². The molecule has 1 fully saturated rings. The van der Waals surface area contributed by atoms with E-state index in [0.717, 1.165) is 0 Å². The number of hydrogen-bond acceptors (Lipinski definition) is 5. The smallest absolute Gasteiger partial charge is 0.323 e. The lowest BCUT2D eigenvalue weighted by molar-refractivity contribution is -0.142. The van der Waals surface area contributed by atoms with Crippen molar-refractivity contribution in [3.8, 4) is 0 Å². The summed E-state index contributed by atoms with van der Waals surface area (Å²) in [6.07, 6.45) is -1.26. The van der Waals surface area contributed by atoms with Crippen LogP contribution in [0.4, 0.5) is 0 Å². The lowest BCUT2D eigenvalue weighted by Gasteiger charge is -2.11. The van der Waals surface area contributed by atoms with Crippen molar-refractivity contribution in [2.45, 2.75) is 24.8 Å². The lowest BCUT2D eigenvalue weighted by atomic mass is 10.1. The molecule has 0 amide bonds. The van der Waals surface area contributed by atoms with Crippen molar-refractivity contribution in [2.75, 3.05) is 0 Å². The number of aliphatic hydroxyl groups excluding tert-OH is 1. The number of aliphatic carboxylic acids is 1. The Balaban J connectivity index is 2.43. The third kappa shape index (κ3) is 1.87. The van der Waals surface area contributed by atoms with Crippen LogP contribution in [0.5, 0.6) is 0 Å². The maximum absolute atomic E-state index is 10.3. The zero-order chi connectivity index (χ0) is 8.43. The van der Waals surface area contributed by atoms with Crippen molar-refractivity contribution in [2.24, 2.45) is 5.73 Å². The van der Waals surface area contributed by atoms with Crippen molar-refractivity contribution in [3.05, 3.63) is 0 Å². The molecule has 11 heavy (non-hydrogen) atoms. The minimum Gasteiger partial charge on any atom is -0.480 e. The molecule has 0 aliphatic carbocycles. The Hall–Kier alpha value is -0.690. The number of aliphatic hydroxyl groups is 1. The number of hydrogen-bond donors (Lipinski definition) is 4. The fraction of sp³-hybridized carbons (Fsp3) is 0.800. The van der Waals surface area contributed by atoms with E-state index in [1.54, 1.807) is 0 Å². The molecule has 0 saturated carbocycles. The summed E-state index contributed by atoms with van der Waals surface area (Å²) in [4.78, 5) is 15.0. The SMILES string of the molecule is N[C@H](C(=O)O)[C@@H]1C[C@H](O)NO1. The Morgan fingerprint density at radius 3 is 2.82 bits per heavy atom. The van der Waals surface area contributed by atoms with E-state index in [0.29, 0.717) is 0 Å². The molecule has 0 aromatic rings. The van der Waals surface area contributed by atoms with Crippen LogP contribution in [-0.4, -0.2) is 34.6 Å². The molecule has 64 valence electrons. The molecular weight excluding hydrogens is 152 g/mol. The highest BCUT2D eigenvalue weighted by Crippen LogP contribution is 2.10. The summed E-state index contributed by atoms with van der Waals surface area (Å²) >= 11 is 0. The number of nitrogens with one attached hydrogen (secondary N) is 1. The van der Waals surface area contributed by atoms with Crippen molar-refractivity contribution in [1.29, 1.82) is 0 Å². The Morgan fingerprint density at radius 2 is 2.45 bits per heavy atom. The first-order chi connectivity index (χ1) is 5.11. The molecule has 5 N–H and O–H groups in total. The minimum absolute atomic E-state index is 0.202. The zero-order valence-electron chi connectivity index (χ0n) is 5.73. The molecule has 0 radical (unpaired) electrons. The van der Waals surface area contributed by atoms with Gasteiger partial charge in [0.05, 0.1) is 0 Å². The van der Waals surface area contributed by atoms with Crippen molar-refractivity contribution in [1.82, 2.24) is 5.48 Å². The van der Waals surface area contributed by atoms with Crippen LogP contribution in [0.1, 0.15) is 6.42 Å². The number of carboxylic acid groups (broad SMARTS) is 1. The Bertz CT molecular complexity index is 163. The number of hydroxylamine groups is 1. The summed E-state index contributed by atoms with van der Waals surface area (Å²) in [5, 5.41) is 17.3. The molecule has 1 aliphatic heterocycles. The van der Waals surface area contributed by atoms with E-state index >= 15 is 0 Å². The second-order valence-corrected chi connectivity index (χ2v) is 2.39. The molecule has 1 aliphatic rings. The summed E-state index contributed by atoms with van der Waals surface area (Å²) in [5.41, 5.74) is 7.43. The normalized spacial score (nSPS) is 33.6. The van der Waals surface area contributed by atoms with Crippen LogP contribution in [0.25, 0.3) is 0 Å². The van der Waals surface area contributed by atoms with Gasteiger partial charge in [-0.05, 0) is 0 Å². The predicted molar refractivity (Wildman–Crippen MR) is 34.2 cm³/mol. The molecule has 1 heterocycles. The van der Waals surface area contributed by atoms with Crippen LogP contribution in [0, 0.1) is 0 Å². The second kappa shape index (κ2) is 3.14. The largest absolute Gasteiger partial charge is 0.480 e. The van der Waals surface area contributed by atoms with Gasteiger partial charge in [0.25, 0.3) is 0 Å². The highest BCUT2D eigenvalue weighted by Gasteiger charge is 2.32. The first-order valence-electron chi connectivity index (χ1n) is 3.19. The fourth-order valence-corrected chi connectivity index (χ4v) is 0.861. The van der Waals surface area contributed by atoms with Gasteiger partial charge in [-0.25, -0.2) is 0 Å². The second-order valence-electron chi connectivity index (χ2n) is 2.39. The molecule has 3 atom stereocenters. The molecule has 1 saturated heterocycles. The van der Waals surface area contributed by atoms with Gasteiger partial charge in [0, 0.05) is 6.42 Å². The number of rotatable bonds is 2.